The Morgan fingerprint density at radius 3 is 2.74 bits per heavy atom. The van der Waals surface area contributed by atoms with Crippen molar-refractivity contribution in [3.63, 3.8) is 0 Å². The predicted octanol–water partition coefficient (Wildman–Crippen LogP) is 5.11. The fourth-order valence-electron chi connectivity index (χ4n) is 7.46. The van der Waals surface area contributed by atoms with Gasteiger partial charge >= 0.3 is 5.97 Å². The maximum atomic E-state index is 11.9. The van der Waals surface area contributed by atoms with Gasteiger partial charge in [0.1, 0.15) is 0 Å². The standard InChI is InChI=1S/C24H34O3/c1-15(13-22(26)27-4)19-7-8-20-18-6-5-16-14-17(25)9-11-23(16,2)21(18)10-12-24(19,20)3/h5-6,14-15,18-21H,7-13H2,1-4H3/t15?,18-,19+,20?,21?,23-,24+/m0/s1. The van der Waals surface area contributed by atoms with Crippen LogP contribution in [0.5, 0.6) is 0 Å². The Bertz CT molecular complexity index is 704. The van der Waals surface area contributed by atoms with Gasteiger partial charge in [-0.25, -0.2) is 0 Å². The number of ketones is 1. The molecule has 4 aliphatic rings. The van der Waals surface area contributed by atoms with Gasteiger partial charge in [-0.1, -0.05) is 32.9 Å². The second-order valence-corrected chi connectivity index (χ2v) is 10.1. The molecular formula is C24H34O3. The lowest BCUT2D eigenvalue weighted by Crippen LogP contribution is -2.49. The number of carbonyl (C=O) groups excluding carboxylic acids is 2. The van der Waals surface area contributed by atoms with Crippen molar-refractivity contribution >= 4 is 11.8 Å². The van der Waals surface area contributed by atoms with Crippen LogP contribution in [0.1, 0.15) is 65.7 Å². The lowest BCUT2D eigenvalue weighted by Gasteiger charge is -2.56. The van der Waals surface area contributed by atoms with E-state index >= 15 is 0 Å². The van der Waals surface area contributed by atoms with E-state index in [1.54, 1.807) is 0 Å². The molecule has 0 saturated heterocycles. The number of rotatable bonds is 3. The van der Waals surface area contributed by atoms with E-state index in [1.165, 1.54) is 38.4 Å². The van der Waals surface area contributed by atoms with Crippen molar-refractivity contribution in [2.45, 2.75) is 65.7 Å². The number of ether oxygens (including phenoxy) is 1. The van der Waals surface area contributed by atoms with Crippen LogP contribution in [0, 0.1) is 40.4 Å². The van der Waals surface area contributed by atoms with E-state index in [2.05, 4.69) is 32.9 Å². The van der Waals surface area contributed by atoms with Gasteiger partial charge in [-0.15, -0.1) is 0 Å². The van der Waals surface area contributed by atoms with Crippen molar-refractivity contribution in [3.05, 3.63) is 23.8 Å². The molecule has 0 heterocycles. The normalized spacial score (nSPS) is 44.0. The van der Waals surface area contributed by atoms with Gasteiger partial charge in [-0.2, -0.15) is 0 Å². The van der Waals surface area contributed by atoms with E-state index in [4.69, 9.17) is 4.74 Å². The van der Waals surface area contributed by atoms with Crippen molar-refractivity contribution in [2.75, 3.05) is 7.11 Å². The van der Waals surface area contributed by atoms with E-state index in [1.807, 2.05) is 6.08 Å². The summed E-state index contributed by atoms with van der Waals surface area (Å²) in [5, 5.41) is 0. The average Bonchev–Trinajstić information content (AvgIpc) is 2.99. The molecule has 0 aliphatic heterocycles. The van der Waals surface area contributed by atoms with Crippen molar-refractivity contribution in [1.82, 2.24) is 0 Å². The average molecular weight is 371 g/mol. The van der Waals surface area contributed by atoms with Gasteiger partial charge < -0.3 is 4.74 Å². The van der Waals surface area contributed by atoms with Crippen LogP contribution >= 0.6 is 0 Å². The van der Waals surface area contributed by atoms with Crippen LogP contribution in [0.3, 0.4) is 0 Å². The SMILES string of the molecule is COC(=O)CC(C)[C@H]1CCC2[C@@H]3C=CC4=CC(=O)CC[C@]4(C)C3CC[C@@]21C. The van der Waals surface area contributed by atoms with Gasteiger partial charge in [0.25, 0.3) is 0 Å². The molecule has 7 atom stereocenters. The van der Waals surface area contributed by atoms with Gasteiger partial charge in [0.05, 0.1) is 7.11 Å². The Balaban J connectivity index is 1.60. The number of hydrogen-bond donors (Lipinski definition) is 0. The Labute approximate surface area is 163 Å². The minimum Gasteiger partial charge on any atom is -0.469 e. The van der Waals surface area contributed by atoms with Crippen LogP contribution in [-0.4, -0.2) is 18.9 Å². The molecule has 0 aromatic rings. The van der Waals surface area contributed by atoms with Gasteiger partial charge in [0.15, 0.2) is 5.78 Å². The summed E-state index contributed by atoms with van der Waals surface area (Å²) in [6.07, 6.45) is 13.9. The molecule has 148 valence electrons. The van der Waals surface area contributed by atoms with Crippen LogP contribution in [-0.2, 0) is 14.3 Å². The summed E-state index contributed by atoms with van der Waals surface area (Å²) < 4.78 is 4.93. The molecule has 2 fully saturated rings. The fraction of sp³-hybridized carbons (Fsp3) is 0.750. The monoisotopic (exact) mass is 370 g/mol. The van der Waals surface area contributed by atoms with E-state index in [0.29, 0.717) is 53.6 Å². The number of fused-ring (bicyclic) bond motifs is 5. The molecule has 4 rings (SSSR count). The Kier molecular flexibility index (Phi) is 4.63. The topological polar surface area (TPSA) is 43.4 Å². The Morgan fingerprint density at radius 2 is 2.00 bits per heavy atom. The summed E-state index contributed by atoms with van der Waals surface area (Å²) in [6.45, 7) is 7.14. The summed E-state index contributed by atoms with van der Waals surface area (Å²) in [7, 11) is 1.49. The van der Waals surface area contributed by atoms with E-state index in [0.717, 1.165) is 6.42 Å². The lowest BCUT2D eigenvalue weighted by molar-refractivity contribution is -0.142. The lowest BCUT2D eigenvalue weighted by atomic mass is 9.48. The molecule has 2 saturated carbocycles. The predicted molar refractivity (Wildman–Crippen MR) is 106 cm³/mol. The fourth-order valence-corrected chi connectivity index (χ4v) is 7.46. The van der Waals surface area contributed by atoms with Crippen LogP contribution < -0.4 is 0 Å². The van der Waals surface area contributed by atoms with Gasteiger partial charge in [-0.05, 0) is 84.2 Å². The maximum Gasteiger partial charge on any atom is 0.305 e. The third-order valence-corrected chi connectivity index (χ3v) is 8.99. The third-order valence-electron chi connectivity index (χ3n) is 8.99. The smallest absolute Gasteiger partial charge is 0.305 e. The maximum absolute atomic E-state index is 11.9. The number of carbonyl (C=O) groups is 2. The van der Waals surface area contributed by atoms with Crippen LogP contribution in [0.2, 0.25) is 0 Å². The third kappa shape index (κ3) is 2.84. The Hall–Kier alpha value is -1.38. The summed E-state index contributed by atoms with van der Waals surface area (Å²) >= 11 is 0. The van der Waals surface area contributed by atoms with E-state index in [9.17, 15) is 9.59 Å². The van der Waals surface area contributed by atoms with Gasteiger partial charge in [0, 0.05) is 12.8 Å². The van der Waals surface area contributed by atoms with Crippen molar-refractivity contribution in [2.24, 2.45) is 40.4 Å². The molecule has 3 nitrogen and oxygen atoms in total. The number of hydrogen-bond acceptors (Lipinski definition) is 3. The summed E-state index contributed by atoms with van der Waals surface area (Å²) in [4.78, 5) is 23.8. The minimum absolute atomic E-state index is 0.0741. The highest BCUT2D eigenvalue weighted by molar-refractivity contribution is 5.92. The molecule has 0 aromatic carbocycles. The summed E-state index contributed by atoms with van der Waals surface area (Å²) in [6, 6.07) is 0. The molecule has 3 heteroatoms. The highest BCUT2D eigenvalue weighted by Crippen LogP contribution is 2.66. The van der Waals surface area contributed by atoms with E-state index in [-0.39, 0.29) is 11.4 Å². The number of esters is 1. The molecule has 4 aliphatic carbocycles. The van der Waals surface area contributed by atoms with Crippen molar-refractivity contribution in [3.8, 4) is 0 Å². The molecule has 3 unspecified atom stereocenters. The largest absolute Gasteiger partial charge is 0.469 e. The molecule has 0 N–H and O–H groups in total. The van der Waals surface area contributed by atoms with Crippen molar-refractivity contribution in [1.29, 1.82) is 0 Å². The van der Waals surface area contributed by atoms with Crippen molar-refractivity contribution < 1.29 is 14.3 Å². The summed E-state index contributed by atoms with van der Waals surface area (Å²) in [5.74, 6) is 3.19. The second-order valence-electron chi connectivity index (χ2n) is 10.1. The molecule has 27 heavy (non-hydrogen) atoms. The Morgan fingerprint density at radius 1 is 1.22 bits per heavy atom. The van der Waals surface area contributed by atoms with Gasteiger partial charge in [0.2, 0.25) is 0 Å². The molecule has 0 radical (unpaired) electrons. The van der Waals surface area contributed by atoms with Crippen LogP contribution in [0.4, 0.5) is 0 Å². The first-order chi connectivity index (χ1) is 12.8. The highest BCUT2D eigenvalue weighted by Gasteiger charge is 2.58. The second kappa shape index (κ2) is 6.60. The van der Waals surface area contributed by atoms with Crippen LogP contribution in [0.25, 0.3) is 0 Å². The van der Waals surface area contributed by atoms with E-state index < -0.39 is 0 Å². The highest BCUT2D eigenvalue weighted by atomic mass is 16.5. The zero-order valence-corrected chi connectivity index (χ0v) is 17.3. The van der Waals surface area contributed by atoms with Crippen LogP contribution in [0.15, 0.2) is 23.8 Å². The minimum atomic E-state index is -0.0741. The number of methoxy groups -OCH3 is 1. The first kappa shape index (κ1) is 19.0. The quantitative estimate of drug-likeness (QED) is 0.648. The molecule has 0 amide bonds. The van der Waals surface area contributed by atoms with Gasteiger partial charge in [-0.3, -0.25) is 9.59 Å². The first-order valence-electron chi connectivity index (χ1n) is 10.8. The zero-order chi connectivity index (χ0) is 19.4. The molecule has 0 spiro atoms. The zero-order valence-electron chi connectivity index (χ0n) is 17.3. The summed E-state index contributed by atoms with van der Waals surface area (Å²) in [5.41, 5.74) is 1.77. The first-order valence-corrected chi connectivity index (χ1v) is 10.8. The molecule has 0 bridgehead atoms. The molecule has 0 aromatic heterocycles. The number of allylic oxidation sites excluding steroid dienone is 4. The molecular weight excluding hydrogens is 336 g/mol.